The number of nitrogens with one attached hydrogen (secondary N) is 1. The van der Waals surface area contributed by atoms with Gasteiger partial charge in [0.1, 0.15) is 11.2 Å². The number of carbonyl (C=O) groups is 2. The predicted molar refractivity (Wildman–Crippen MR) is 150 cm³/mol. The monoisotopic (exact) mass is 537 g/mol. The van der Waals surface area contributed by atoms with Gasteiger partial charge in [0, 0.05) is 36.2 Å². The molecule has 0 spiro atoms. The molecule has 210 valence electrons. The summed E-state index contributed by atoms with van der Waals surface area (Å²) in [7, 11) is 4.71. The van der Waals surface area contributed by atoms with E-state index in [2.05, 4.69) is 5.32 Å². The van der Waals surface area contributed by atoms with Gasteiger partial charge >= 0.3 is 0 Å². The average Bonchev–Trinajstić information content (AvgIpc) is 3.30. The third-order valence-corrected chi connectivity index (χ3v) is 7.27. The van der Waals surface area contributed by atoms with Crippen molar-refractivity contribution < 1.29 is 28.5 Å². The predicted octanol–water partition coefficient (Wildman–Crippen LogP) is 4.06. The summed E-state index contributed by atoms with van der Waals surface area (Å²) in [4.78, 5) is 29.4. The maximum absolute atomic E-state index is 14.0. The minimum atomic E-state index is -1.10. The van der Waals surface area contributed by atoms with Gasteiger partial charge in [0.05, 0.1) is 34.0 Å². The van der Waals surface area contributed by atoms with Crippen molar-refractivity contribution in [3.05, 3.63) is 53.7 Å². The van der Waals surface area contributed by atoms with E-state index in [-0.39, 0.29) is 17.9 Å². The van der Waals surface area contributed by atoms with Crippen LogP contribution in [-0.4, -0.2) is 74.0 Å². The summed E-state index contributed by atoms with van der Waals surface area (Å²) < 4.78 is 24.2. The van der Waals surface area contributed by atoms with Gasteiger partial charge in [-0.05, 0) is 51.8 Å². The Morgan fingerprint density at radius 2 is 1.79 bits per heavy atom. The molecule has 9 heteroatoms. The molecule has 0 saturated carbocycles. The van der Waals surface area contributed by atoms with Crippen LogP contribution >= 0.6 is 0 Å². The Morgan fingerprint density at radius 1 is 1.05 bits per heavy atom. The number of rotatable bonds is 12. The zero-order valence-electron chi connectivity index (χ0n) is 23.7. The number of para-hydroxylation sites is 1. The van der Waals surface area contributed by atoms with E-state index in [1.807, 2.05) is 67.8 Å². The lowest BCUT2D eigenvalue weighted by atomic mass is 9.93. The molecule has 1 aliphatic rings. The zero-order chi connectivity index (χ0) is 28.2. The molecular weight excluding hydrogens is 498 g/mol. The smallest absolute Gasteiger partial charge is 0.271 e. The molecule has 0 saturated heterocycles. The Labute approximate surface area is 230 Å². The van der Waals surface area contributed by atoms with Crippen LogP contribution in [0.5, 0.6) is 17.2 Å². The largest absolute Gasteiger partial charge is 0.493 e. The summed E-state index contributed by atoms with van der Waals surface area (Å²) in [6.07, 6.45) is 1.29. The normalized spacial score (nSPS) is 16.9. The Kier molecular flexibility index (Phi) is 8.70. The van der Waals surface area contributed by atoms with Crippen LogP contribution in [0, 0.1) is 0 Å². The van der Waals surface area contributed by atoms with Gasteiger partial charge in [0.15, 0.2) is 11.5 Å². The highest BCUT2D eigenvalue weighted by molar-refractivity contribution is 6.03. The number of hydrogen-bond acceptors (Lipinski definition) is 6. The van der Waals surface area contributed by atoms with Crippen molar-refractivity contribution in [2.24, 2.45) is 0 Å². The number of hydrogen-bond donors (Lipinski definition) is 1. The highest BCUT2D eigenvalue weighted by Gasteiger charge is 2.47. The van der Waals surface area contributed by atoms with Crippen LogP contribution in [0.2, 0.25) is 0 Å². The number of fused-ring (bicyclic) bond motifs is 3. The number of nitrogens with zero attached hydrogens (tertiary/aromatic N) is 2. The first-order valence-electron chi connectivity index (χ1n) is 13.3. The van der Waals surface area contributed by atoms with Crippen LogP contribution in [0.15, 0.2) is 42.5 Å². The summed E-state index contributed by atoms with van der Waals surface area (Å²) in [5.41, 5.74) is 1.26. The molecule has 4 rings (SSSR count). The fraction of sp³-hybridized carbons (Fsp3) is 0.467. The maximum Gasteiger partial charge on any atom is 0.271 e. The molecule has 9 nitrogen and oxygen atoms in total. The van der Waals surface area contributed by atoms with Gasteiger partial charge in [-0.1, -0.05) is 24.3 Å². The molecule has 1 atom stereocenters. The molecule has 1 aromatic heterocycles. The first-order chi connectivity index (χ1) is 18.7. The number of aromatic nitrogens is 1. The first kappa shape index (κ1) is 28.3. The minimum Gasteiger partial charge on any atom is -0.493 e. The van der Waals surface area contributed by atoms with Crippen LogP contribution < -0.4 is 19.5 Å². The molecule has 1 aliphatic heterocycles. The lowest BCUT2D eigenvalue weighted by Gasteiger charge is -2.44. The van der Waals surface area contributed by atoms with E-state index in [4.69, 9.17) is 18.9 Å². The number of carbonyl (C=O) groups excluding carboxylic acids is 2. The molecule has 0 unspecified atom stereocenters. The van der Waals surface area contributed by atoms with Crippen LogP contribution in [0.1, 0.15) is 43.2 Å². The SMILES string of the molecule is COc1ccc(CCN2C(=O)c3cc4ccccc4n3C[C@]2(C)C(=O)NCCCOC(C)C)c(OC)c1OC. The first-order valence-corrected chi connectivity index (χ1v) is 13.3. The van der Waals surface area contributed by atoms with Crippen molar-refractivity contribution in [1.82, 2.24) is 14.8 Å². The van der Waals surface area contributed by atoms with Crippen molar-refractivity contribution in [2.45, 2.75) is 51.8 Å². The van der Waals surface area contributed by atoms with Crippen molar-refractivity contribution in [2.75, 3.05) is 41.0 Å². The van der Waals surface area contributed by atoms with Crippen LogP contribution in [0.3, 0.4) is 0 Å². The standard InChI is InChI=1S/C30H39N3O6/c1-20(2)39-17-9-15-31-29(35)30(3)19-32-23-11-8-7-10-22(23)18-24(32)28(34)33(30)16-14-21-12-13-25(36-4)27(38-6)26(21)37-5/h7-8,10-13,18,20H,9,14-17,19H2,1-6H3,(H,31,35)/t30-/m1/s1. The highest BCUT2D eigenvalue weighted by Crippen LogP contribution is 2.40. The van der Waals surface area contributed by atoms with Gasteiger partial charge in [-0.15, -0.1) is 0 Å². The van der Waals surface area contributed by atoms with Crippen molar-refractivity contribution >= 4 is 22.7 Å². The Morgan fingerprint density at radius 3 is 2.49 bits per heavy atom. The fourth-order valence-electron chi connectivity index (χ4n) is 5.23. The molecule has 39 heavy (non-hydrogen) atoms. The van der Waals surface area contributed by atoms with Gasteiger partial charge in [-0.25, -0.2) is 0 Å². The molecule has 0 aliphatic carbocycles. The Hall–Kier alpha value is -3.72. The molecule has 2 heterocycles. The average molecular weight is 538 g/mol. The molecule has 2 amide bonds. The summed E-state index contributed by atoms with van der Waals surface area (Å²) >= 11 is 0. The molecule has 2 aromatic carbocycles. The van der Waals surface area contributed by atoms with Crippen LogP contribution in [-0.2, 0) is 22.5 Å². The number of amides is 2. The van der Waals surface area contributed by atoms with Gasteiger partial charge < -0.3 is 33.7 Å². The molecular formula is C30H39N3O6. The van der Waals surface area contributed by atoms with Crippen molar-refractivity contribution in [3.63, 3.8) is 0 Å². The third-order valence-electron chi connectivity index (χ3n) is 7.27. The van der Waals surface area contributed by atoms with E-state index in [0.717, 1.165) is 16.5 Å². The van der Waals surface area contributed by atoms with E-state index in [9.17, 15) is 9.59 Å². The second kappa shape index (κ2) is 12.0. The van der Waals surface area contributed by atoms with E-state index in [1.54, 1.807) is 26.2 Å². The molecule has 0 bridgehead atoms. The van der Waals surface area contributed by atoms with Crippen LogP contribution in [0.25, 0.3) is 10.9 Å². The lowest BCUT2D eigenvalue weighted by molar-refractivity contribution is -0.132. The fourth-order valence-corrected chi connectivity index (χ4v) is 5.23. The summed E-state index contributed by atoms with van der Waals surface area (Å²) in [6, 6.07) is 13.5. The van der Waals surface area contributed by atoms with E-state index in [0.29, 0.717) is 62.0 Å². The van der Waals surface area contributed by atoms with Crippen molar-refractivity contribution in [1.29, 1.82) is 0 Å². The summed E-state index contributed by atoms with van der Waals surface area (Å²) in [6.45, 7) is 7.49. The molecule has 0 fully saturated rings. The van der Waals surface area contributed by atoms with Gasteiger partial charge in [0.2, 0.25) is 11.7 Å². The van der Waals surface area contributed by atoms with Gasteiger partial charge in [-0.2, -0.15) is 0 Å². The molecule has 0 radical (unpaired) electrons. The van der Waals surface area contributed by atoms with E-state index >= 15 is 0 Å². The number of ether oxygens (including phenoxy) is 4. The summed E-state index contributed by atoms with van der Waals surface area (Å²) in [5.74, 6) is 1.22. The third kappa shape index (κ3) is 5.54. The quantitative estimate of drug-likeness (QED) is 0.351. The molecule has 1 N–H and O–H groups in total. The minimum absolute atomic E-state index is 0.138. The Balaban J connectivity index is 1.64. The van der Waals surface area contributed by atoms with Gasteiger partial charge in [0.25, 0.3) is 5.91 Å². The Bertz CT molecular complexity index is 1330. The van der Waals surface area contributed by atoms with E-state index < -0.39 is 5.54 Å². The number of methoxy groups -OCH3 is 3. The topological polar surface area (TPSA) is 91.3 Å². The maximum atomic E-state index is 14.0. The van der Waals surface area contributed by atoms with Crippen molar-refractivity contribution in [3.8, 4) is 17.2 Å². The highest BCUT2D eigenvalue weighted by atomic mass is 16.5. The number of benzene rings is 2. The van der Waals surface area contributed by atoms with Crippen LogP contribution in [0.4, 0.5) is 0 Å². The lowest BCUT2D eigenvalue weighted by Crippen LogP contribution is -2.64. The second-order valence-corrected chi connectivity index (χ2v) is 10.2. The second-order valence-electron chi connectivity index (χ2n) is 10.2. The van der Waals surface area contributed by atoms with Gasteiger partial charge in [-0.3, -0.25) is 9.59 Å². The zero-order valence-corrected chi connectivity index (χ0v) is 23.7. The molecule has 3 aromatic rings. The van der Waals surface area contributed by atoms with E-state index in [1.165, 1.54) is 0 Å². The summed E-state index contributed by atoms with van der Waals surface area (Å²) in [5, 5.41) is 4.03.